The minimum absolute atomic E-state index is 0.110. The molecule has 0 radical (unpaired) electrons. The molecule has 0 bridgehead atoms. The zero-order valence-corrected chi connectivity index (χ0v) is 14.6. The summed E-state index contributed by atoms with van der Waals surface area (Å²) < 4.78 is 13.9. The molecule has 1 heterocycles. The van der Waals surface area contributed by atoms with Crippen LogP contribution in [0.2, 0.25) is 5.02 Å². The van der Waals surface area contributed by atoms with Crippen LogP contribution in [0.3, 0.4) is 0 Å². The maximum Gasteiger partial charge on any atom is 0.339 e. The van der Waals surface area contributed by atoms with Crippen LogP contribution in [0.1, 0.15) is 15.9 Å². The molecule has 0 saturated carbocycles. The summed E-state index contributed by atoms with van der Waals surface area (Å²) in [5, 5.41) is 22.5. The summed E-state index contributed by atoms with van der Waals surface area (Å²) in [7, 11) is 0. The van der Waals surface area contributed by atoms with Gasteiger partial charge in [0.1, 0.15) is 23.2 Å². The van der Waals surface area contributed by atoms with E-state index in [0.29, 0.717) is 15.9 Å². The molecule has 1 aromatic heterocycles. The number of halogens is 2. The van der Waals surface area contributed by atoms with E-state index in [1.807, 2.05) is 0 Å². The molecular weight excluding hydrogens is 375 g/mol. The summed E-state index contributed by atoms with van der Waals surface area (Å²) >= 11 is 5.92. The van der Waals surface area contributed by atoms with Crippen molar-refractivity contribution in [1.29, 1.82) is 0 Å². The van der Waals surface area contributed by atoms with Gasteiger partial charge in [0.05, 0.1) is 5.52 Å². The van der Waals surface area contributed by atoms with Gasteiger partial charge >= 0.3 is 11.9 Å². The number of rotatable bonds is 6. The van der Waals surface area contributed by atoms with Gasteiger partial charge in [0.25, 0.3) is 0 Å². The van der Waals surface area contributed by atoms with Gasteiger partial charge in [-0.15, -0.1) is 0 Å². The first kappa shape index (κ1) is 18.6. The van der Waals surface area contributed by atoms with E-state index in [9.17, 15) is 24.2 Å². The molecule has 8 heteroatoms. The van der Waals surface area contributed by atoms with Crippen LogP contribution in [-0.2, 0) is 11.2 Å². The predicted octanol–water partition coefficient (Wildman–Crippen LogP) is 3.83. The van der Waals surface area contributed by atoms with E-state index in [1.165, 1.54) is 24.3 Å². The number of carboxylic acid groups (broad SMARTS) is 2. The molecule has 1 unspecified atom stereocenters. The molecule has 0 saturated heterocycles. The Hall–Kier alpha value is -3.19. The second kappa shape index (κ2) is 7.59. The molecule has 0 amide bonds. The molecular formula is C19H14ClFN2O4. The van der Waals surface area contributed by atoms with Crippen molar-refractivity contribution in [3.8, 4) is 0 Å². The Labute approximate surface area is 158 Å². The standard InChI is InChI=1S/C19H14ClFN2O4/c20-12-5-6-15-11(7-12)8-13(18(24)25)17(22-15)23-16(19(26)27)9-10-3-1-2-4-14(10)21/h1-8,16H,9H2,(H,22,23)(H,24,25)(H,26,27). The van der Waals surface area contributed by atoms with Gasteiger partial charge in [0, 0.05) is 16.8 Å². The summed E-state index contributed by atoms with van der Waals surface area (Å²) in [6, 6.07) is 10.6. The van der Waals surface area contributed by atoms with Crippen LogP contribution in [-0.4, -0.2) is 33.2 Å². The number of benzene rings is 2. The monoisotopic (exact) mass is 388 g/mol. The van der Waals surface area contributed by atoms with Crippen LogP contribution in [0.5, 0.6) is 0 Å². The molecule has 2 aromatic carbocycles. The number of anilines is 1. The molecule has 0 fully saturated rings. The molecule has 0 aliphatic carbocycles. The lowest BCUT2D eigenvalue weighted by molar-refractivity contribution is -0.137. The molecule has 0 spiro atoms. The number of nitrogens with one attached hydrogen (secondary N) is 1. The summed E-state index contributed by atoms with van der Waals surface area (Å²) in [5.74, 6) is -3.18. The summed E-state index contributed by atoms with van der Waals surface area (Å²) in [4.78, 5) is 27.4. The Morgan fingerprint density at radius 3 is 2.56 bits per heavy atom. The minimum Gasteiger partial charge on any atom is -0.480 e. The molecule has 6 nitrogen and oxygen atoms in total. The highest BCUT2D eigenvalue weighted by atomic mass is 35.5. The van der Waals surface area contributed by atoms with Crippen LogP contribution >= 0.6 is 11.6 Å². The number of hydrogen-bond acceptors (Lipinski definition) is 4. The first-order chi connectivity index (χ1) is 12.8. The van der Waals surface area contributed by atoms with Gasteiger partial charge in [-0.05, 0) is 35.9 Å². The zero-order valence-electron chi connectivity index (χ0n) is 13.8. The Kier molecular flexibility index (Phi) is 5.23. The van der Waals surface area contributed by atoms with Crippen molar-refractivity contribution in [2.24, 2.45) is 0 Å². The maximum atomic E-state index is 13.9. The molecule has 138 valence electrons. The Balaban J connectivity index is 2.00. The lowest BCUT2D eigenvalue weighted by Gasteiger charge is -2.17. The Morgan fingerprint density at radius 2 is 1.89 bits per heavy atom. The fraction of sp³-hybridized carbons (Fsp3) is 0.105. The van der Waals surface area contributed by atoms with Crippen molar-refractivity contribution >= 4 is 40.3 Å². The lowest BCUT2D eigenvalue weighted by Crippen LogP contribution is -2.33. The fourth-order valence-corrected chi connectivity index (χ4v) is 2.85. The smallest absolute Gasteiger partial charge is 0.339 e. The van der Waals surface area contributed by atoms with Crippen molar-refractivity contribution in [3.05, 3.63) is 70.5 Å². The second-order valence-corrected chi connectivity index (χ2v) is 6.29. The molecule has 0 aliphatic rings. The van der Waals surface area contributed by atoms with E-state index >= 15 is 0 Å². The van der Waals surface area contributed by atoms with Crippen molar-refractivity contribution < 1.29 is 24.2 Å². The van der Waals surface area contributed by atoms with Crippen molar-refractivity contribution in [3.63, 3.8) is 0 Å². The van der Waals surface area contributed by atoms with Crippen LogP contribution < -0.4 is 5.32 Å². The largest absolute Gasteiger partial charge is 0.480 e. The molecule has 3 N–H and O–H groups in total. The van der Waals surface area contributed by atoms with Gasteiger partial charge in [-0.1, -0.05) is 29.8 Å². The van der Waals surface area contributed by atoms with E-state index in [2.05, 4.69) is 10.3 Å². The Morgan fingerprint density at radius 1 is 1.15 bits per heavy atom. The Bertz CT molecular complexity index is 1040. The number of nitrogens with zero attached hydrogens (tertiary/aromatic N) is 1. The molecule has 3 aromatic rings. The van der Waals surface area contributed by atoms with E-state index in [1.54, 1.807) is 24.3 Å². The number of aliphatic carboxylic acids is 1. The summed E-state index contributed by atoms with van der Waals surface area (Å²) in [6.45, 7) is 0. The SMILES string of the molecule is O=C(O)c1cc2cc(Cl)ccc2nc1NC(Cc1ccccc1F)C(=O)O. The topological polar surface area (TPSA) is 99.5 Å². The van der Waals surface area contributed by atoms with Crippen LogP contribution in [0, 0.1) is 5.82 Å². The number of carboxylic acids is 2. The van der Waals surface area contributed by atoms with Crippen LogP contribution in [0.25, 0.3) is 10.9 Å². The third-order valence-corrected chi connectivity index (χ3v) is 4.23. The lowest BCUT2D eigenvalue weighted by atomic mass is 10.0. The number of fused-ring (bicyclic) bond motifs is 1. The van der Waals surface area contributed by atoms with Crippen molar-refractivity contribution in [1.82, 2.24) is 4.98 Å². The molecule has 1 atom stereocenters. The van der Waals surface area contributed by atoms with Gasteiger partial charge in [0.15, 0.2) is 0 Å². The number of pyridine rings is 1. The number of aromatic carboxylic acids is 1. The van der Waals surface area contributed by atoms with Gasteiger partial charge in [-0.25, -0.2) is 19.0 Å². The van der Waals surface area contributed by atoms with E-state index in [0.717, 1.165) is 0 Å². The minimum atomic E-state index is -1.28. The maximum absolute atomic E-state index is 13.9. The number of hydrogen-bond donors (Lipinski definition) is 3. The second-order valence-electron chi connectivity index (χ2n) is 5.86. The fourth-order valence-electron chi connectivity index (χ4n) is 2.67. The highest BCUT2D eigenvalue weighted by molar-refractivity contribution is 6.31. The predicted molar refractivity (Wildman–Crippen MR) is 98.9 cm³/mol. The quantitative estimate of drug-likeness (QED) is 0.593. The van der Waals surface area contributed by atoms with Crippen LogP contribution in [0.4, 0.5) is 10.2 Å². The van der Waals surface area contributed by atoms with Gasteiger partial charge < -0.3 is 15.5 Å². The van der Waals surface area contributed by atoms with Gasteiger partial charge in [-0.3, -0.25) is 0 Å². The molecule has 3 rings (SSSR count). The average Bonchev–Trinajstić information content (AvgIpc) is 2.62. The van der Waals surface area contributed by atoms with E-state index in [-0.39, 0.29) is 23.4 Å². The van der Waals surface area contributed by atoms with Gasteiger partial charge in [0.2, 0.25) is 0 Å². The summed E-state index contributed by atoms with van der Waals surface area (Å²) in [5.41, 5.74) is 0.438. The number of aromatic nitrogens is 1. The normalized spacial score (nSPS) is 11.9. The van der Waals surface area contributed by atoms with Crippen molar-refractivity contribution in [2.45, 2.75) is 12.5 Å². The third-order valence-electron chi connectivity index (χ3n) is 4.00. The highest BCUT2D eigenvalue weighted by Gasteiger charge is 2.23. The average molecular weight is 389 g/mol. The number of carbonyl (C=O) groups is 2. The molecule has 27 heavy (non-hydrogen) atoms. The van der Waals surface area contributed by atoms with Crippen LogP contribution in [0.15, 0.2) is 48.5 Å². The zero-order chi connectivity index (χ0) is 19.6. The first-order valence-electron chi connectivity index (χ1n) is 7.91. The van der Waals surface area contributed by atoms with E-state index < -0.39 is 23.8 Å². The van der Waals surface area contributed by atoms with Crippen molar-refractivity contribution in [2.75, 3.05) is 5.32 Å². The highest BCUT2D eigenvalue weighted by Crippen LogP contribution is 2.24. The van der Waals surface area contributed by atoms with E-state index in [4.69, 9.17) is 11.6 Å². The third kappa shape index (κ3) is 4.15. The van der Waals surface area contributed by atoms with Gasteiger partial charge in [-0.2, -0.15) is 0 Å². The molecule has 0 aliphatic heterocycles. The summed E-state index contributed by atoms with van der Waals surface area (Å²) in [6.07, 6.45) is -0.179. The first-order valence-corrected chi connectivity index (χ1v) is 8.29.